The summed E-state index contributed by atoms with van der Waals surface area (Å²) in [6, 6.07) is 10.7. The van der Waals surface area contributed by atoms with Gasteiger partial charge in [-0.05, 0) is 48.9 Å². The van der Waals surface area contributed by atoms with Crippen molar-refractivity contribution in [3.05, 3.63) is 58.7 Å². The number of amides is 1. The average Bonchev–Trinajstić information content (AvgIpc) is 2.66. The molecule has 1 unspecified atom stereocenters. The van der Waals surface area contributed by atoms with Crippen LogP contribution in [-0.2, 0) is 12.8 Å². The second-order valence-corrected chi connectivity index (χ2v) is 6.27. The number of aliphatic hydroxyl groups excluding tert-OH is 1. The number of carbonyl (C=O) groups is 1. The van der Waals surface area contributed by atoms with E-state index in [1.54, 1.807) is 24.3 Å². The fraction of sp³-hybridized carbons (Fsp3) is 0.350. The Morgan fingerprint density at radius 1 is 1.20 bits per heavy atom. The molecule has 132 valence electrons. The van der Waals surface area contributed by atoms with Crippen LogP contribution in [0.3, 0.4) is 0 Å². The first-order valence-electron chi connectivity index (χ1n) is 8.54. The van der Waals surface area contributed by atoms with Gasteiger partial charge in [-0.3, -0.25) is 4.79 Å². The summed E-state index contributed by atoms with van der Waals surface area (Å²) in [7, 11) is 1.54. The monoisotopic (exact) mass is 341 g/mol. The molecular weight excluding hydrogens is 318 g/mol. The minimum Gasteiger partial charge on any atom is -0.507 e. The van der Waals surface area contributed by atoms with Gasteiger partial charge in [-0.1, -0.05) is 24.3 Å². The van der Waals surface area contributed by atoms with E-state index < -0.39 is 6.10 Å². The standard InChI is InChI=1S/C20H23NO4/c1-25-18-9-5-4-8-15(18)17(22)12-21-20(24)16-11-10-13-6-2-3-7-14(13)19(16)23/h4-5,8-11,17,22-23H,2-3,6-7,12H2,1H3,(H,21,24). The summed E-state index contributed by atoms with van der Waals surface area (Å²) in [6.45, 7) is 0.0374. The normalized spacial score (nSPS) is 14.5. The van der Waals surface area contributed by atoms with Crippen molar-refractivity contribution in [3.63, 3.8) is 0 Å². The Kier molecular flexibility index (Phi) is 5.24. The van der Waals surface area contributed by atoms with Crippen LogP contribution in [-0.4, -0.2) is 29.8 Å². The number of aliphatic hydroxyl groups is 1. The zero-order valence-corrected chi connectivity index (χ0v) is 14.3. The van der Waals surface area contributed by atoms with Crippen LogP contribution >= 0.6 is 0 Å². The van der Waals surface area contributed by atoms with Crippen molar-refractivity contribution in [1.82, 2.24) is 5.32 Å². The Bertz CT molecular complexity index is 772. The molecule has 1 aliphatic carbocycles. The zero-order chi connectivity index (χ0) is 17.8. The number of benzene rings is 2. The summed E-state index contributed by atoms with van der Waals surface area (Å²) >= 11 is 0. The lowest BCUT2D eigenvalue weighted by Crippen LogP contribution is -2.29. The van der Waals surface area contributed by atoms with E-state index in [4.69, 9.17) is 4.74 Å². The van der Waals surface area contributed by atoms with Gasteiger partial charge in [-0.2, -0.15) is 0 Å². The van der Waals surface area contributed by atoms with E-state index >= 15 is 0 Å². The first kappa shape index (κ1) is 17.3. The number of carbonyl (C=O) groups excluding carboxylic acids is 1. The first-order chi connectivity index (χ1) is 12.1. The molecule has 0 radical (unpaired) electrons. The molecule has 0 aromatic heterocycles. The molecule has 3 N–H and O–H groups in total. The topological polar surface area (TPSA) is 78.8 Å². The Morgan fingerprint density at radius 2 is 1.96 bits per heavy atom. The van der Waals surface area contributed by atoms with Crippen LogP contribution in [0.25, 0.3) is 0 Å². The fourth-order valence-corrected chi connectivity index (χ4v) is 3.33. The molecule has 0 heterocycles. The summed E-state index contributed by atoms with van der Waals surface area (Å²) in [5, 5.41) is 23.5. The van der Waals surface area contributed by atoms with E-state index in [2.05, 4.69) is 5.32 Å². The molecule has 0 spiro atoms. The first-order valence-corrected chi connectivity index (χ1v) is 8.54. The molecule has 5 heteroatoms. The average molecular weight is 341 g/mol. The second-order valence-electron chi connectivity index (χ2n) is 6.27. The molecule has 1 aliphatic rings. The number of methoxy groups -OCH3 is 1. The number of nitrogens with one attached hydrogen (secondary N) is 1. The number of phenolic OH excluding ortho intramolecular Hbond substituents is 1. The van der Waals surface area contributed by atoms with Crippen molar-refractivity contribution in [2.45, 2.75) is 31.8 Å². The van der Waals surface area contributed by atoms with Gasteiger partial charge in [0.1, 0.15) is 11.5 Å². The Morgan fingerprint density at radius 3 is 2.76 bits per heavy atom. The lowest BCUT2D eigenvalue weighted by Gasteiger charge is -2.19. The molecule has 25 heavy (non-hydrogen) atoms. The highest BCUT2D eigenvalue weighted by molar-refractivity contribution is 5.97. The lowest BCUT2D eigenvalue weighted by atomic mass is 9.89. The lowest BCUT2D eigenvalue weighted by molar-refractivity contribution is 0.0911. The van der Waals surface area contributed by atoms with E-state index in [1.807, 2.05) is 12.1 Å². The highest BCUT2D eigenvalue weighted by Crippen LogP contribution is 2.32. The van der Waals surface area contributed by atoms with Crippen LogP contribution in [0.5, 0.6) is 11.5 Å². The second kappa shape index (κ2) is 7.57. The van der Waals surface area contributed by atoms with Crippen molar-refractivity contribution in [2.24, 2.45) is 0 Å². The number of fused-ring (bicyclic) bond motifs is 1. The van der Waals surface area contributed by atoms with E-state index in [0.717, 1.165) is 36.8 Å². The van der Waals surface area contributed by atoms with E-state index in [9.17, 15) is 15.0 Å². The number of aromatic hydroxyl groups is 1. The molecule has 5 nitrogen and oxygen atoms in total. The number of para-hydroxylation sites is 1. The molecule has 0 aliphatic heterocycles. The minimum atomic E-state index is -0.889. The van der Waals surface area contributed by atoms with Crippen LogP contribution in [0.1, 0.15) is 46.0 Å². The molecule has 0 fully saturated rings. The number of rotatable bonds is 5. The number of ether oxygens (including phenoxy) is 1. The number of phenols is 1. The van der Waals surface area contributed by atoms with Gasteiger partial charge in [0, 0.05) is 12.1 Å². The summed E-state index contributed by atoms with van der Waals surface area (Å²) in [6.07, 6.45) is 2.99. The van der Waals surface area contributed by atoms with Gasteiger partial charge in [0.05, 0.1) is 18.8 Å². The number of aryl methyl sites for hydroxylation is 1. The SMILES string of the molecule is COc1ccccc1C(O)CNC(=O)c1ccc2c(c1O)CCCC2. The smallest absolute Gasteiger partial charge is 0.255 e. The molecule has 2 aromatic carbocycles. The van der Waals surface area contributed by atoms with Gasteiger partial charge in [0.25, 0.3) is 5.91 Å². The van der Waals surface area contributed by atoms with E-state index in [0.29, 0.717) is 11.3 Å². The van der Waals surface area contributed by atoms with Gasteiger partial charge < -0.3 is 20.3 Å². The third kappa shape index (κ3) is 3.61. The third-order valence-corrected chi connectivity index (χ3v) is 4.70. The summed E-state index contributed by atoms with van der Waals surface area (Å²) < 4.78 is 5.23. The maximum atomic E-state index is 12.4. The zero-order valence-electron chi connectivity index (χ0n) is 14.3. The molecule has 0 bridgehead atoms. The Hall–Kier alpha value is -2.53. The van der Waals surface area contributed by atoms with Crippen LogP contribution in [0.4, 0.5) is 0 Å². The third-order valence-electron chi connectivity index (χ3n) is 4.70. The number of hydrogen-bond donors (Lipinski definition) is 3. The van der Waals surface area contributed by atoms with E-state index in [-0.39, 0.29) is 23.8 Å². The van der Waals surface area contributed by atoms with Gasteiger partial charge in [-0.15, -0.1) is 0 Å². The van der Waals surface area contributed by atoms with Gasteiger partial charge in [-0.25, -0.2) is 0 Å². The highest BCUT2D eigenvalue weighted by Gasteiger charge is 2.21. The Balaban J connectivity index is 1.71. The maximum absolute atomic E-state index is 12.4. The molecule has 0 saturated heterocycles. The van der Waals surface area contributed by atoms with Crippen molar-refractivity contribution in [3.8, 4) is 11.5 Å². The van der Waals surface area contributed by atoms with Crippen LogP contribution < -0.4 is 10.1 Å². The molecule has 2 aromatic rings. The summed E-state index contributed by atoms with van der Waals surface area (Å²) in [5.74, 6) is 0.252. The minimum absolute atomic E-state index is 0.0374. The molecular formula is C20H23NO4. The maximum Gasteiger partial charge on any atom is 0.255 e. The molecule has 0 saturated carbocycles. The highest BCUT2D eigenvalue weighted by atomic mass is 16.5. The van der Waals surface area contributed by atoms with Crippen molar-refractivity contribution in [1.29, 1.82) is 0 Å². The van der Waals surface area contributed by atoms with Gasteiger partial charge >= 0.3 is 0 Å². The fourth-order valence-electron chi connectivity index (χ4n) is 3.33. The summed E-state index contributed by atoms with van der Waals surface area (Å²) in [5.41, 5.74) is 2.87. The van der Waals surface area contributed by atoms with Crippen molar-refractivity contribution in [2.75, 3.05) is 13.7 Å². The quantitative estimate of drug-likeness (QED) is 0.781. The van der Waals surface area contributed by atoms with Crippen LogP contribution in [0.15, 0.2) is 36.4 Å². The van der Waals surface area contributed by atoms with E-state index in [1.165, 1.54) is 7.11 Å². The summed E-state index contributed by atoms with van der Waals surface area (Å²) in [4.78, 5) is 12.4. The van der Waals surface area contributed by atoms with Crippen LogP contribution in [0.2, 0.25) is 0 Å². The van der Waals surface area contributed by atoms with Gasteiger partial charge in [0.15, 0.2) is 0 Å². The Labute approximate surface area is 147 Å². The van der Waals surface area contributed by atoms with Crippen LogP contribution in [0, 0.1) is 0 Å². The predicted octanol–water partition coefficient (Wildman–Crippen LogP) is 2.74. The van der Waals surface area contributed by atoms with Crippen molar-refractivity contribution < 1.29 is 19.7 Å². The number of hydrogen-bond acceptors (Lipinski definition) is 4. The molecule has 3 rings (SSSR count). The predicted molar refractivity (Wildman–Crippen MR) is 95.0 cm³/mol. The van der Waals surface area contributed by atoms with Crippen molar-refractivity contribution >= 4 is 5.91 Å². The van der Waals surface area contributed by atoms with Gasteiger partial charge in [0.2, 0.25) is 0 Å². The molecule has 1 amide bonds. The molecule has 1 atom stereocenters. The largest absolute Gasteiger partial charge is 0.507 e.